The van der Waals surface area contributed by atoms with Crippen LogP contribution in [0.4, 0.5) is 0 Å². The third kappa shape index (κ3) is 34.2. The van der Waals surface area contributed by atoms with E-state index in [0.717, 1.165) is 51.7 Å². The van der Waals surface area contributed by atoms with Gasteiger partial charge in [0, 0.05) is 26.2 Å². The van der Waals surface area contributed by atoms with Gasteiger partial charge in [-0.1, -0.05) is 142 Å². The first-order chi connectivity index (χ1) is 23.1. The molecule has 3 N–H and O–H groups in total. The smallest absolute Gasteiger partial charge is 0.211 e. The number of aliphatic hydroxyl groups excluding tert-OH is 2. The van der Waals surface area contributed by atoms with Gasteiger partial charge in [0.25, 0.3) is 0 Å². The van der Waals surface area contributed by atoms with Gasteiger partial charge in [-0.05, 0) is 66.5 Å². The van der Waals surface area contributed by atoms with Crippen LogP contribution >= 0.6 is 0 Å². The Kier molecular flexibility index (Phi) is 33.6. The second-order valence-corrected chi connectivity index (χ2v) is 17.0. The highest BCUT2D eigenvalue weighted by Gasteiger charge is 2.16. The third-order valence-corrected chi connectivity index (χ3v) is 11.0. The molecule has 9 heteroatoms. The number of nitrogens with zero attached hydrogens (tertiary/aromatic N) is 3. The van der Waals surface area contributed by atoms with Gasteiger partial charge in [0.15, 0.2) is 0 Å². The van der Waals surface area contributed by atoms with E-state index in [1.807, 2.05) is 19.0 Å². The normalized spacial score (nSPS) is 13.7. The fourth-order valence-corrected chi connectivity index (χ4v) is 7.52. The molecular weight excluding hydrogens is 621 g/mol. The van der Waals surface area contributed by atoms with Crippen LogP contribution in [0.3, 0.4) is 0 Å². The molecule has 0 heterocycles. The van der Waals surface area contributed by atoms with Gasteiger partial charge in [0.1, 0.15) is 0 Å². The number of likely N-dealkylation sites (N-methyl/N-ethyl adjacent to an activating group) is 1. The van der Waals surface area contributed by atoms with Crippen molar-refractivity contribution in [2.75, 3.05) is 72.7 Å². The molecule has 8 nitrogen and oxygen atoms in total. The minimum Gasteiger partial charge on any atom is -0.392 e. The summed E-state index contributed by atoms with van der Waals surface area (Å²) in [6.45, 7) is 9.34. The third-order valence-electron chi connectivity index (χ3n) is 9.57. The maximum Gasteiger partial charge on any atom is 0.211 e. The molecule has 0 aromatic rings. The Morgan fingerprint density at radius 2 is 0.917 bits per heavy atom. The van der Waals surface area contributed by atoms with E-state index in [1.165, 1.54) is 116 Å². The number of sulfonamides is 1. The molecule has 2 unspecified atom stereocenters. The first-order valence-corrected chi connectivity index (χ1v) is 22.1. The van der Waals surface area contributed by atoms with E-state index in [2.05, 4.69) is 35.4 Å². The largest absolute Gasteiger partial charge is 0.392 e. The zero-order valence-corrected chi connectivity index (χ0v) is 33.6. The lowest BCUT2D eigenvalue weighted by Gasteiger charge is -2.28. The van der Waals surface area contributed by atoms with Crippen LogP contribution in [0.1, 0.15) is 168 Å². The summed E-state index contributed by atoms with van der Waals surface area (Å²) in [4.78, 5) is 6.44. The van der Waals surface area contributed by atoms with Gasteiger partial charge in [-0.3, -0.25) is 4.90 Å². The number of nitrogens with one attached hydrogen (secondary N) is 1. The van der Waals surface area contributed by atoms with Crippen molar-refractivity contribution in [2.45, 2.75) is 180 Å². The molecule has 0 amide bonds. The molecule has 2 atom stereocenters. The number of hydrogen-bond donors (Lipinski definition) is 3. The Morgan fingerprint density at radius 3 is 1.33 bits per heavy atom. The van der Waals surface area contributed by atoms with Crippen LogP contribution < -0.4 is 4.72 Å². The van der Waals surface area contributed by atoms with Gasteiger partial charge < -0.3 is 20.0 Å². The zero-order chi connectivity index (χ0) is 35.7. The summed E-state index contributed by atoms with van der Waals surface area (Å²) in [6, 6.07) is 0. The Bertz CT molecular complexity index is 739. The average molecular weight is 705 g/mol. The lowest BCUT2D eigenvalue weighted by molar-refractivity contribution is 0.0587. The van der Waals surface area contributed by atoms with Crippen LogP contribution in [0.5, 0.6) is 0 Å². The second kappa shape index (κ2) is 33.8. The van der Waals surface area contributed by atoms with Gasteiger partial charge in [0.05, 0.1) is 18.0 Å². The summed E-state index contributed by atoms with van der Waals surface area (Å²) in [5.41, 5.74) is 0. The van der Waals surface area contributed by atoms with Gasteiger partial charge in [-0.2, -0.15) is 0 Å². The molecule has 48 heavy (non-hydrogen) atoms. The van der Waals surface area contributed by atoms with Gasteiger partial charge >= 0.3 is 0 Å². The fraction of sp³-hybridized carbons (Fsp3) is 1.00. The van der Waals surface area contributed by atoms with E-state index >= 15 is 0 Å². The molecule has 0 radical (unpaired) electrons. The number of rotatable bonds is 38. The van der Waals surface area contributed by atoms with Crippen molar-refractivity contribution in [3.8, 4) is 0 Å². The van der Waals surface area contributed by atoms with E-state index in [9.17, 15) is 18.6 Å². The van der Waals surface area contributed by atoms with Crippen LogP contribution in [0.15, 0.2) is 0 Å². The Labute approximate surface area is 300 Å². The molecule has 0 aromatic carbocycles. The summed E-state index contributed by atoms with van der Waals surface area (Å²) >= 11 is 0. The molecule has 0 saturated heterocycles. The molecule has 0 aromatic heterocycles. The number of aliphatic hydroxyl groups is 2. The first-order valence-electron chi connectivity index (χ1n) is 20.5. The van der Waals surface area contributed by atoms with Crippen LogP contribution in [-0.4, -0.2) is 118 Å². The van der Waals surface area contributed by atoms with Crippen molar-refractivity contribution in [1.82, 2.24) is 19.4 Å². The molecule has 0 rings (SSSR count). The molecule has 0 fully saturated rings. The minimum absolute atomic E-state index is 0.146. The van der Waals surface area contributed by atoms with E-state index in [-0.39, 0.29) is 18.0 Å². The highest BCUT2D eigenvalue weighted by Crippen LogP contribution is 2.15. The monoisotopic (exact) mass is 705 g/mol. The first kappa shape index (κ1) is 47.7. The van der Waals surface area contributed by atoms with Crippen LogP contribution in [0, 0.1) is 0 Å². The van der Waals surface area contributed by atoms with Gasteiger partial charge in [-0.25, -0.2) is 13.1 Å². The topological polar surface area (TPSA) is 96.3 Å². The lowest BCUT2D eigenvalue weighted by atomic mass is 10.0. The van der Waals surface area contributed by atoms with E-state index in [1.54, 1.807) is 0 Å². The van der Waals surface area contributed by atoms with E-state index in [4.69, 9.17) is 0 Å². The molecule has 0 aliphatic carbocycles. The zero-order valence-electron chi connectivity index (χ0n) is 32.7. The molecule has 0 saturated carbocycles. The predicted molar refractivity (Wildman–Crippen MR) is 208 cm³/mol. The van der Waals surface area contributed by atoms with E-state index < -0.39 is 10.0 Å². The Hall–Kier alpha value is -0.290. The molecule has 0 aliphatic rings. The summed E-state index contributed by atoms with van der Waals surface area (Å²) in [6.07, 6.45) is 28.4. The van der Waals surface area contributed by atoms with Crippen LogP contribution in [0.2, 0.25) is 0 Å². The summed E-state index contributed by atoms with van der Waals surface area (Å²) in [7, 11) is 2.68. The second-order valence-electron chi connectivity index (χ2n) is 15.0. The molecule has 0 spiro atoms. The maximum atomic E-state index is 12.3. The highest BCUT2D eigenvalue weighted by atomic mass is 32.2. The quantitative estimate of drug-likeness (QED) is 0.0564. The Morgan fingerprint density at radius 1 is 0.521 bits per heavy atom. The van der Waals surface area contributed by atoms with Gasteiger partial charge in [0.2, 0.25) is 10.0 Å². The SMILES string of the molecule is CCCCCCCCCCCCC(O)CN(CCCN(C)CCCS(=O)(=O)NCCN(C)C)CC(O)CCCCCCCCCCCC. The van der Waals surface area contributed by atoms with Crippen molar-refractivity contribution in [3.05, 3.63) is 0 Å². The fourth-order valence-electron chi connectivity index (χ4n) is 6.47. The molecular formula is C39H84N4O4S. The standard InChI is InChI=1S/C39H84N4O4S/c1-6-8-10-12-14-16-18-20-22-24-28-38(44)36-43(37-39(45)29-25-23-21-19-17-15-13-11-9-7-2)33-26-31-42(5)32-27-35-48(46,47)40-30-34-41(3)4/h38-40,44-45H,6-37H2,1-5H3. The summed E-state index contributed by atoms with van der Waals surface area (Å²) < 4.78 is 27.2. The molecule has 0 bridgehead atoms. The maximum absolute atomic E-state index is 12.3. The van der Waals surface area contributed by atoms with Crippen molar-refractivity contribution in [1.29, 1.82) is 0 Å². The Balaban J connectivity index is 4.50. The lowest BCUT2D eigenvalue weighted by Crippen LogP contribution is -2.39. The van der Waals surface area contributed by atoms with Gasteiger partial charge in [-0.15, -0.1) is 0 Å². The number of unbranched alkanes of at least 4 members (excludes halogenated alkanes) is 18. The van der Waals surface area contributed by atoms with E-state index in [0.29, 0.717) is 32.6 Å². The molecule has 290 valence electrons. The van der Waals surface area contributed by atoms with Crippen molar-refractivity contribution < 1.29 is 18.6 Å². The number of hydrogen-bond acceptors (Lipinski definition) is 7. The predicted octanol–water partition coefficient (Wildman–Crippen LogP) is 7.83. The summed E-state index contributed by atoms with van der Waals surface area (Å²) in [5.74, 6) is 0.146. The van der Waals surface area contributed by atoms with Crippen molar-refractivity contribution in [2.24, 2.45) is 0 Å². The van der Waals surface area contributed by atoms with Crippen LogP contribution in [-0.2, 0) is 10.0 Å². The highest BCUT2D eigenvalue weighted by molar-refractivity contribution is 7.89. The van der Waals surface area contributed by atoms with Crippen molar-refractivity contribution >= 4 is 10.0 Å². The average Bonchev–Trinajstić information content (AvgIpc) is 3.02. The minimum atomic E-state index is -3.24. The molecule has 0 aliphatic heterocycles. The van der Waals surface area contributed by atoms with Crippen molar-refractivity contribution in [3.63, 3.8) is 0 Å². The van der Waals surface area contributed by atoms with Crippen LogP contribution in [0.25, 0.3) is 0 Å². The summed E-state index contributed by atoms with van der Waals surface area (Å²) in [5, 5.41) is 21.8.